The minimum atomic E-state index is -3.07. The molecule has 2 aliphatic rings. The van der Waals surface area contributed by atoms with Crippen LogP contribution in [0.25, 0.3) is 0 Å². The molecule has 0 amide bonds. The Morgan fingerprint density at radius 3 is 2.67 bits per heavy atom. The zero-order valence-corrected chi connectivity index (χ0v) is 13.2. The minimum absolute atomic E-state index is 0.0691. The maximum absolute atomic E-state index is 12.1. The van der Waals surface area contributed by atoms with Crippen LogP contribution < -0.4 is 4.90 Å². The Balaban J connectivity index is 1.75. The van der Waals surface area contributed by atoms with Crippen molar-refractivity contribution in [1.82, 2.24) is 14.3 Å². The van der Waals surface area contributed by atoms with Crippen LogP contribution in [0, 0.1) is 5.41 Å². The largest absolute Gasteiger partial charge is 0.340 e. The number of hydrogen-bond acceptors (Lipinski definition) is 5. The number of anilines is 1. The van der Waals surface area contributed by atoms with Gasteiger partial charge in [-0.2, -0.15) is 0 Å². The molecule has 0 N–H and O–H groups in total. The van der Waals surface area contributed by atoms with Gasteiger partial charge in [0.1, 0.15) is 0 Å². The van der Waals surface area contributed by atoms with E-state index in [-0.39, 0.29) is 11.2 Å². The number of hydrogen-bond donors (Lipinski definition) is 0. The number of nitrogens with zero attached hydrogens (tertiary/aromatic N) is 4. The molecule has 2 fully saturated rings. The lowest BCUT2D eigenvalue weighted by atomic mass is 9.79. The standard InChI is InChI=1S/C14H22N4O2S/c1-2-21(19,20)18-10-6-14(12-18)5-3-9-17(11-14)13-15-7-4-8-16-13/h4,7-8H,2-3,5-6,9-12H2,1H3. The van der Waals surface area contributed by atoms with E-state index >= 15 is 0 Å². The lowest BCUT2D eigenvalue weighted by Crippen LogP contribution is -2.46. The van der Waals surface area contributed by atoms with Crippen LogP contribution in [0.3, 0.4) is 0 Å². The van der Waals surface area contributed by atoms with Crippen molar-refractivity contribution in [1.29, 1.82) is 0 Å². The summed E-state index contributed by atoms with van der Waals surface area (Å²) >= 11 is 0. The van der Waals surface area contributed by atoms with Crippen LogP contribution in [0.2, 0.25) is 0 Å². The second-order valence-electron chi connectivity index (χ2n) is 6.06. The Morgan fingerprint density at radius 2 is 1.95 bits per heavy atom. The van der Waals surface area contributed by atoms with Crippen molar-refractivity contribution < 1.29 is 8.42 Å². The molecule has 0 radical (unpaired) electrons. The summed E-state index contributed by atoms with van der Waals surface area (Å²) in [6, 6.07) is 1.81. The Labute approximate surface area is 126 Å². The van der Waals surface area contributed by atoms with Gasteiger partial charge in [-0.3, -0.25) is 0 Å². The maximum Gasteiger partial charge on any atom is 0.225 e. The SMILES string of the molecule is CCS(=O)(=O)N1CCC2(CCCN(c3ncccn3)C2)C1. The predicted octanol–water partition coefficient (Wildman–Crippen LogP) is 1.12. The van der Waals surface area contributed by atoms with Gasteiger partial charge in [-0.15, -0.1) is 0 Å². The van der Waals surface area contributed by atoms with E-state index in [0.717, 1.165) is 38.3 Å². The van der Waals surface area contributed by atoms with Crippen molar-refractivity contribution in [3.8, 4) is 0 Å². The minimum Gasteiger partial charge on any atom is -0.340 e. The van der Waals surface area contributed by atoms with E-state index in [4.69, 9.17) is 0 Å². The van der Waals surface area contributed by atoms with Crippen LogP contribution in [0.1, 0.15) is 26.2 Å². The molecule has 0 aliphatic carbocycles. The van der Waals surface area contributed by atoms with Crippen LogP contribution >= 0.6 is 0 Å². The highest BCUT2D eigenvalue weighted by Gasteiger charge is 2.44. The second kappa shape index (κ2) is 5.53. The molecule has 0 saturated carbocycles. The summed E-state index contributed by atoms with van der Waals surface area (Å²) in [6.07, 6.45) is 6.61. The van der Waals surface area contributed by atoms with Crippen molar-refractivity contribution in [2.45, 2.75) is 26.2 Å². The molecule has 0 aromatic carbocycles. The van der Waals surface area contributed by atoms with E-state index in [1.54, 1.807) is 23.6 Å². The van der Waals surface area contributed by atoms with Gasteiger partial charge in [0, 0.05) is 44.0 Å². The molecule has 3 rings (SSSR count). The van der Waals surface area contributed by atoms with E-state index in [1.807, 2.05) is 6.07 Å². The Kier molecular flexibility index (Phi) is 3.88. The van der Waals surface area contributed by atoms with Crippen LogP contribution in [-0.4, -0.2) is 54.6 Å². The van der Waals surface area contributed by atoms with Crippen molar-refractivity contribution >= 4 is 16.0 Å². The van der Waals surface area contributed by atoms with E-state index in [2.05, 4.69) is 14.9 Å². The van der Waals surface area contributed by atoms with Crippen LogP contribution in [-0.2, 0) is 10.0 Å². The van der Waals surface area contributed by atoms with Gasteiger partial charge in [-0.25, -0.2) is 22.7 Å². The van der Waals surface area contributed by atoms with Gasteiger partial charge in [-0.1, -0.05) is 0 Å². The van der Waals surface area contributed by atoms with Gasteiger partial charge in [0.15, 0.2) is 0 Å². The summed E-state index contributed by atoms with van der Waals surface area (Å²) in [7, 11) is -3.07. The fourth-order valence-corrected chi connectivity index (χ4v) is 4.69. The molecule has 1 unspecified atom stereocenters. The molecule has 2 aliphatic heterocycles. The van der Waals surface area contributed by atoms with E-state index < -0.39 is 10.0 Å². The molecular formula is C14H22N4O2S. The molecule has 116 valence electrons. The van der Waals surface area contributed by atoms with Gasteiger partial charge in [0.2, 0.25) is 16.0 Å². The van der Waals surface area contributed by atoms with Crippen molar-refractivity contribution in [3.05, 3.63) is 18.5 Å². The third-order valence-corrected chi connectivity index (χ3v) is 6.49. The smallest absolute Gasteiger partial charge is 0.225 e. The Bertz CT molecular complexity index is 592. The van der Waals surface area contributed by atoms with E-state index in [1.165, 1.54) is 0 Å². The molecule has 7 heteroatoms. The fourth-order valence-electron chi connectivity index (χ4n) is 3.48. The fraction of sp³-hybridized carbons (Fsp3) is 0.714. The van der Waals surface area contributed by atoms with Gasteiger partial charge in [0.05, 0.1) is 5.75 Å². The number of piperidine rings is 1. The first-order chi connectivity index (χ1) is 10.0. The summed E-state index contributed by atoms with van der Waals surface area (Å²) in [5.41, 5.74) is 0.0691. The Hall–Kier alpha value is -1.21. The van der Waals surface area contributed by atoms with Gasteiger partial charge in [-0.05, 0) is 32.3 Å². The molecule has 1 atom stereocenters. The predicted molar refractivity (Wildman–Crippen MR) is 81.6 cm³/mol. The first-order valence-corrected chi connectivity index (χ1v) is 9.15. The molecule has 1 spiro atoms. The molecule has 1 aromatic rings. The Morgan fingerprint density at radius 1 is 1.19 bits per heavy atom. The topological polar surface area (TPSA) is 66.4 Å². The number of sulfonamides is 1. The van der Waals surface area contributed by atoms with Crippen molar-refractivity contribution in [2.75, 3.05) is 36.8 Å². The van der Waals surface area contributed by atoms with E-state index in [9.17, 15) is 8.42 Å². The van der Waals surface area contributed by atoms with Crippen LogP contribution in [0.4, 0.5) is 5.95 Å². The van der Waals surface area contributed by atoms with Gasteiger partial charge >= 0.3 is 0 Å². The molecule has 2 saturated heterocycles. The first-order valence-electron chi connectivity index (χ1n) is 7.54. The second-order valence-corrected chi connectivity index (χ2v) is 8.32. The monoisotopic (exact) mass is 310 g/mol. The average molecular weight is 310 g/mol. The third-order valence-electron chi connectivity index (χ3n) is 4.66. The number of rotatable bonds is 3. The van der Waals surface area contributed by atoms with Crippen LogP contribution in [0.5, 0.6) is 0 Å². The summed E-state index contributed by atoms with van der Waals surface area (Å²) < 4.78 is 25.8. The highest BCUT2D eigenvalue weighted by atomic mass is 32.2. The molecule has 0 bridgehead atoms. The summed E-state index contributed by atoms with van der Waals surface area (Å²) in [5.74, 6) is 0.947. The lowest BCUT2D eigenvalue weighted by Gasteiger charge is -2.40. The third kappa shape index (κ3) is 2.89. The summed E-state index contributed by atoms with van der Waals surface area (Å²) in [5, 5.41) is 0. The van der Waals surface area contributed by atoms with Gasteiger partial charge in [0.25, 0.3) is 0 Å². The zero-order valence-electron chi connectivity index (χ0n) is 12.4. The maximum atomic E-state index is 12.1. The normalized spacial score (nSPS) is 27.4. The molecule has 3 heterocycles. The summed E-state index contributed by atoms with van der Waals surface area (Å²) in [4.78, 5) is 10.8. The molecular weight excluding hydrogens is 288 g/mol. The number of aromatic nitrogens is 2. The van der Waals surface area contributed by atoms with Gasteiger partial charge < -0.3 is 4.90 Å². The van der Waals surface area contributed by atoms with Crippen LogP contribution in [0.15, 0.2) is 18.5 Å². The molecule has 21 heavy (non-hydrogen) atoms. The first kappa shape index (κ1) is 14.7. The highest BCUT2D eigenvalue weighted by Crippen LogP contribution is 2.40. The zero-order chi connectivity index (χ0) is 14.9. The quantitative estimate of drug-likeness (QED) is 0.837. The van der Waals surface area contributed by atoms with Crippen molar-refractivity contribution in [3.63, 3.8) is 0 Å². The average Bonchev–Trinajstić information content (AvgIpc) is 2.92. The molecule has 6 nitrogen and oxygen atoms in total. The van der Waals surface area contributed by atoms with Crippen molar-refractivity contribution in [2.24, 2.45) is 5.41 Å². The highest BCUT2D eigenvalue weighted by molar-refractivity contribution is 7.89. The summed E-state index contributed by atoms with van der Waals surface area (Å²) in [6.45, 7) is 4.82. The molecule has 1 aromatic heterocycles. The van der Waals surface area contributed by atoms with E-state index in [0.29, 0.717) is 13.1 Å². The lowest BCUT2D eigenvalue weighted by molar-refractivity contribution is 0.246.